The summed E-state index contributed by atoms with van der Waals surface area (Å²) in [6, 6.07) is 4.13. The number of nitrogens with one attached hydrogen (secondary N) is 1. The third kappa shape index (κ3) is 3.80. The number of hydrogen-bond donors (Lipinski definition) is 1. The van der Waals surface area contributed by atoms with E-state index in [9.17, 15) is 26.7 Å². The Balaban J connectivity index is 1.39. The first-order valence-electron chi connectivity index (χ1n) is 10.8. The van der Waals surface area contributed by atoms with Crippen molar-refractivity contribution < 1.29 is 31.2 Å². The number of carbonyl (C=O) groups is 1. The Morgan fingerprint density at radius 1 is 1.22 bits per heavy atom. The van der Waals surface area contributed by atoms with Gasteiger partial charge in [0.05, 0.1) is 35.0 Å². The van der Waals surface area contributed by atoms with Crippen molar-refractivity contribution in [1.29, 1.82) is 0 Å². The highest BCUT2D eigenvalue weighted by atomic mass is 19.4. The molecule has 6 rings (SSSR count). The van der Waals surface area contributed by atoms with E-state index in [2.05, 4.69) is 30.4 Å². The van der Waals surface area contributed by atoms with E-state index < -0.39 is 36.3 Å². The van der Waals surface area contributed by atoms with Gasteiger partial charge in [-0.1, -0.05) is 6.07 Å². The average Bonchev–Trinajstić information content (AvgIpc) is 3.66. The van der Waals surface area contributed by atoms with E-state index in [1.165, 1.54) is 29.4 Å². The molecule has 11 nitrogen and oxygen atoms in total. The molecular formula is C21H14F5N9O2. The van der Waals surface area contributed by atoms with E-state index in [1.807, 2.05) is 0 Å². The van der Waals surface area contributed by atoms with Gasteiger partial charge in [-0.25, -0.2) is 14.2 Å². The van der Waals surface area contributed by atoms with E-state index in [4.69, 9.17) is 4.42 Å². The van der Waals surface area contributed by atoms with Gasteiger partial charge in [0.1, 0.15) is 11.7 Å². The molecule has 0 saturated heterocycles. The summed E-state index contributed by atoms with van der Waals surface area (Å²) >= 11 is 0. The maximum atomic E-state index is 13.6. The third-order valence-corrected chi connectivity index (χ3v) is 5.92. The van der Waals surface area contributed by atoms with Crippen LogP contribution in [0.15, 0.2) is 47.4 Å². The predicted octanol–water partition coefficient (Wildman–Crippen LogP) is 3.51. The van der Waals surface area contributed by atoms with E-state index in [0.29, 0.717) is 22.5 Å². The second-order valence-electron chi connectivity index (χ2n) is 8.13. The van der Waals surface area contributed by atoms with Crippen molar-refractivity contribution in [1.82, 2.24) is 44.5 Å². The lowest BCUT2D eigenvalue weighted by atomic mass is 9.99. The molecule has 37 heavy (non-hydrogen) atoms. The molecule has 16 heteroatoms. The number of aromatic nitrogens is 8. The van der Waals surface area contributed by atoms with Crippen molar-refractivity contribution in [3.05, 3.63) is 71.7 Å². The Kier molecular flexibility index (Phi) is 5.06. The van der Waals surface area contributed by atoms with Gasteiger partial charge in [-0.05, 0) is 18.2 Å². The van der Waals surface area contributed by atoms with Gasteiger partial charge in [-0.2, -0.15) is 32.1 Å². The minimum atomic E-state index is -4.65. The fourth-order valence-electron chi connectivity index (χ4n) is 4.28. The highest BCUT2D eigenvalue weighted by molar-refractivity contribution is 5.90. The first-order chi connectivity index (χ1) is 17.7. The first-order valence-corrected chi connectivity index (χ1v) is 10.8. The lowest BCUT2D eigenvalue weighted by Crippen LogP contribution is -2.41. The molecule has 0 aliphatic carbocycles. The molecule has 1 aliphatic rings. The van der Waals surface area contributed by atoms with Crippen LogP contribution in [0.1, 0.15) is 46.1 Å². The number of halogens is 5. The Morgan fingerprint density at radius 3 is 2.81 bits per heavy atom. The summed E-state index contributed by atoms with van der Waals surface area (Å²) in [5.41, 5.74) is 0.545. The number of alkyl halides is 5. The lowest BCUT2D eigenvalue weighted by molar-refractivity contribution is -0.142. The number of rotatable bonds is 4. The smallest absolute Gasteiger partial charge is 0.412 e. The monoisotopic (exact) mass is 519 g/mol. The highest BCUT2D eigenvalue weighted by Crippen LogP contribution is 2.36. The average molecular weight is 519 g/mol. The zero-order valence-corrected chi connectivity index (χ0v) is 18.4. The van der Waals surface area contributed by atoms with Gasteiger partial charge in [-0.15, -0.1) is 10.2 Å². The molecule has 1 aliphatic heterocycles. The van der Waals surface area contributed by atoms with Crippen LogP contribution in [0.25, 0.3) is 17.0 Å². The Morgan fingerprint density at radius 2 is 2.05 bits per heavy atom. The summed E-state index contributed by atoms with van der Waals surface area (Å²) in [5.74, 6) is -1.37. The van der Waals surface area contributed by atoms with Gasteiger partial charge in [0, 0.05) is 24.9 Å². The third-order valence-electron chi connectivity index (χ3n) is 5.92. The van der Waals surface area contributed by atoms with Crippen molar-refractivity contribution in [2.24, 2.45) is 0 Å². The van der Waals surface area contributed by atoms with Crippen molar-refractivity contribution in [3.63, 3.8) is 0 Å². The summed E-state index contributed by atoms with van der Waals surface area (Å²) in [4.78, 5) is 22.0. The first kappa shape index (κ1) is 22.8. The number of pyridine rings is 1. The standard InChI is InChI=1S/C21H14F5N9O2/c22-20(23)34-8-10(7-29-34)17-30-31-18(37-17)19(36)33-5-4-12-15(28-9-27-12)16(33)13-6-11-2-1-3-14(21(24,25)26)35(11)32-13/h1-3,6-9,16,20H,4-5H2,(H,27,28)/t16-/m0/s1. The molecule has 0 fully saturated rings. The van der Waals surface area contributed by atoms with Crippen LogP contribution in [0.5, 0.6) is 0 Å². The van der Waals surface area contributed by atoms with Gasteiger partial charge >= 0.3 is 24.5 Å². The number of nitrogens with zero attached hydrogens (tertiary/aromatic N) is 8. The van der Waals surface area contributed by atoms with Gasteiger partial charge in [0.2, 0.25) is 0 Å². The molecule has 0 saturated carbocycles. The van der Waals surface area contributed by atoms with E-state index >= 15 is 0 Å². The normalized spacial score (nSPS) is 16.1. The van der Waals surface area contributed by atoms with Gasteiger partial charge in [-0.3, -0.25) is 4.79 Å². The van der Waals surface area contributed by atoms with Crippen LogP contribution in [-0.4, -0.2) is 56.9 Å². The second-order valence-corrected chi connectivity index (χ2v) is 8.13. The van der Waals surface area contributed by atoms with Crippen LogP contribution in [0.3, 0.4) is 0 Å². The van der Waals surface area contributed by atoms with Crippen molar-refractivity contribution in [3.8, 4) is 11.5 Å². The number of hydrogen-bond acceptors (Lipinski definition) is 7. The summed E-state index contributed by atoms with van der Waals surface area (Å²) in [7, 11) is 0. The fourth-order valence-corrected chi connectivity index (χ4v) is 4.28. The summed E-state index contributed by atoms with van der Waals surface area (Å²) in [6.07, 6.45) is -0.779. The minimum Gasteiger partial charge on any atom is -0.412 e. The van der Waals surface area contributed by atoms with Crippen LogP contribution in [0, 0.1) is 0 Å². The van der Waals surface area contributed by atoms with Crippen molar-refractivity contribution >= 4 is 11.4 Å². The number of carbonyl (C=O) groups excluding carboxylic acids is 1. The van der Waals surface area contributed by atoms with Crippen molar-refractivity contribution in [2.45, 2.75) is 25.2 Å². The van der Waals surface area contributed by atoms with Crippen LogP contribution in [-0.2, 0) is 12.6 Å². The lowest BCUT2D eigenvalue weighted by Gasteiger charge is -2.32. The van der Waals surface area contributed by atoms with Gasteiger partial charge in [0.15, 0.2) is 0 Å². The SMILES string of the molecule is O=C(c1nnc(-c2cnn(C(F)F)c2)o1)N1CCc2[nH]cnc2[C@@H]1c1cc2cccc(C(F)(F)F)n2n1. The number of amides is 1. The van der Waals surface area contributed by atoms with E-state index in [-0.39, 0.29) is 29.2 Å². The molecule has 0 bridgehead atoms. The molecule has 1 amide bonds. The molecule has 0 unspecified atom stereocenters. The minimum absolute atomic E-state index is 0.0802. The maximum Gasteiger partial charge on any atom is 0.433 e. The molecule has 190 valence electrons. The highest BCUT2D eigenvalue weighted by Gasteiger charge is 2.39. The number of H-pyrrole nitrogens is 1. The van der Waals surface area contributed by atoms with E-state index in [0.717, 1.165) is 23.0 Å². The van der Waals surface area contributed by atoms with Crippen LogP contribution in [0.2, 0.25) is 0 Å². The molecule has 5 aromatic rings. The Bertz CT molecular complexity index is 1620. The topological polar surface area (TPSA) is 123 Å². The van der Waals surface area contributed by atoms with Gasteiger partial charge in [0.25, 0.3) is 5.89 Å². The van der Waals surface area contributed by atoms with Crippen molar-refractivity contribution in [2.75, 3.05) is 6.54 Å². The summed E-state index contributed by atoms with van der Waals surface area (Å²) in [6.45, 7) is -2.74. The molecule has 1 atom stereocenters. The fraction of sp³-hybridized carbons (Fsp3) is 0.238. The molecule has 6 heterocycles. The molecule has 0 spiro atoms. The summed E-state index contributed by atoms with van der Waals surface area (Å²) < 4.78 is 72.9. The molecule has 0 aromatic carbocycles. The number of fused-ring (bicyclic) bond motifs is 2. The zero-order valence-electron chi connectivity index (χ0n) is 18.4. The van der Waals surface area contributed by atoms with Crippen LogP contribution < -0.4 is 0 Å². The molecule has 5 aromatic heterocycles. The second kappa shape index (κ2) is 8.21. The number of aromatic amines is 1. The Hall–Kier alpha value is -4.63. The Labute approximate surface area is 202 Å². The zero-order chi connectivity index (χ0) is 25.9. The summed E-state index contributed by atoms with van der Waals surface area (Å²) in [5, 5.41) is 15.2. The van der Waals surface area contributed by atoms with Crippen LogP contribution >= 0.6 is 0 Å². The molecule has 1 N–H and O–H groups in total. The van der Waals surface area contributed by atoms with Crippen LogP contribution in [0.4, 0.5) is 22.0 Å². The maximum absolute atomic E-state index is 13.6. The number of imidazole rings is 1. The predicted molar refractivity (Wildman–Crippen MR) is 112 cm³/mol. The quantitative estimate of drug-likeness (QED) is 0.361. The van der Waals surface area contributed by atoms with Gasteiger partial charge < -0.3 is 14.3 Å². The van der Waals surface area contributed by atoms with E-state index in [1.54, 1.807) is 0 Å². The largest absolute Gasteiger partial charge is 0.433 e. The molecular weight excluding hydrogens is 505 g/mol. The molecule has 0 radical (unpaired) electrons.